The minimum atomic E-state index is -0.0775. The van der Waals surface area contributed by atoms with Gasteiger partial charge in [-0.2, -0.15) is 0 Å². The molecule has 0 heterocycles. The summed E-state index contributed by atoms with van der Waals surface area (Å²) < 4.78 is 0. The fraction of sp³-hybridized carbons (Fsp3) is 0.333. The average Bonchev–Trinajstić information content (AvgIpc) is 3.60. The van der Waals surface area contributed by atoms with Crippen molar-refractivity contribution in [1.29, 1.82) is 0 Å². The van der Waals surface area contributed by atoms with E-state index in [1.54, 1.807) is 11.1 Å². The highest BCUT2D eigenvalue weighted by Gasteiger charge is 2.36. The molecule has 0 spiro atoms. The molecule has 0 aromatic heterocycles. The van der Waals surface area contributed by atoms with Crippen molar-refractivity contribution in [2.24, 2.45) is 0 Å². The summed E-state index contributed by atoms with van der Waals surface area (Å²) in [4.78, 5) is 2.45. The second-order valence-corrected chi connectivity index (χ2v) is 20.4. The van der Waals surface area contributed by atoms with E-state index in [4.69, 9.17) is 0 Å². The zero-order valence-electron chi connectivity index (χ0n) is 38.3. The van der Waals surface area contributed by atoms with E-state index in [1.807, 2.05) is 0 Å². The average molecular weight is 836 g/mol. The van der Waals surface area contributed by atoms with Crippen LogP contribution in [0.25, 0.3) is 44.5 Å². The molecule has 7 aromatic carbocycles. The number of hydrogen-bond acceptors (Lipinski definition) is 1. The van der Waals surface area contributed by atoms with Gasteiger partial charge in [0.15, 0.2) is 0 Å². The van der Waals surface area contributed by atoms with E-state index in [0.29, 0.717) is 11.8 Å². The monoisotopic (exact) mass is 836 g/mol. The molecule has 3 saturated carbocycles. The Kier molecular flexibility index (Phi) is 11.4. The Hall–Kier alpha value is -5.66. The topological polar surface area (TPSA) is 3.24 Å². The summed E-state index contributed by atoms with van der Waals surface area (Å²) in [6, 6.07) is 61.2. The maximum Gasteiger partial charge on any atom is 0.0465 e. The summed E-state index contributed by atoms with van der Waals surface area (Å²) in [5.41, 5.74) is 21.4. The molecule has 0 saturated heterocycles. The molecule has 4 aliphatic carbocycles. The number of fused-ring (bicyclic) bond motifs is 3. The summed E-state index contributed by atoms with van der Waals surface area (Å²) in [6.45, 7) is 4.76. The standard InChI is InChI=1S/C63H65N/c1-63(2)61-21-13-12-20-59(61)60-39-38-58(43-62(60)63)64(56-34-30-50(31-35-56)48-24-22-47(23-25-48)44-14-6-3-7-15-44)57-36-32-51(33-37-57)49-26-28-52(29-27-49)55-41-53(45-16-8-4-9-17-45)40-54(42-55)46-18-10-5-11-19-46/h12-13,20-46H,3-11,14-19H2,1-2H3. The molecule has 0 radical (unpaired) electrons. The van der Waals surface area contributed by atoms with Crippen LogP contribution in [0.4, 0.5) is 17.1 Å². The summed E-state index contributed by atoms with van der Waals surface area (Å²) in [5, 5.41) is 0. The van der Waals surface area contributed by atoms with Gasteiger partial charge in [0.05, 0.1) is 0 Å². The number of anilines is 3. The minimum absolute atomic E-state index is 0.0775. The van der Waals surface area contributed by atoms with Gasteiger partial charge in [-0.05, 0) is 165 Å². The van der Waals surface area contributed by atoms with E-state index in [9.17, 15) is 0 Å². The molecule has 1 nitrogen and oxygen atoms in total. The highest BCUT2D eigenvalue weighted by molar-refractivity contribution is 5.86. The molecule has 322 valence electrons. The van der Waals surface area contributed by atoms with Gasteiger partial charge in [0, 0.05) is 22.5 Å². The van der Waals surface area contributed by atoms with E-state index in [0.717, 1.165) is 17.3 Å². The highest BCUT2D eigenvalue weighted by atomic mass is 15.1. The molecule has 4 aliphatic rings. The number of nitrogens with zero attached hydrogens (tertiary/aromatic N) is 1. The van der Waals surface area contributed by atoms with Gasteiger partial charge >= 0.3 is 0 Å². The van der Waals surface area contributed by atoms with Crippen LogP contribution in [0.5, 0.6) is 0 Å². The van der Waals surface area contributed by atoms with Crippen molar-refractivity contribution >= 4 is 17.1 Å². The van der Waals surface area contributed by atoms with E-state index < -0.39 is 0 Å². The highest BCUT2D eigenvalue weighted by Crippen LogP contribution is 2.51. The molecule has 64 heavy (non-hydrogen) atoms. The number of hydrogen-bond donors (Lipinski definition) is 0. The minimum Gasteiger partial charge on any atom is -0.310 e. The Bertz CT molecular complexity index is 2660. The molecule has 7 aromatic rings. The van der Waals surface area contributed by atoms with Crippen LogP contribution >= 0.6 is 0 Å². The lowest BCUT2D eigenvalue weighted by Gasteiger charge is -2.28. The van der Waals surface area contributed by atoms with Crippen molar-refractivity contribution in [2.45, 2.75) is 133 Å². The van der Waals surface area contributed by atoms with Crippen molar-refractivity contribution in [2.75, 3.05) is 4.90 Å². The van der Waals surface area contributed by atoms with E-state index >= 15 is 0 Å². The zero-order valence-corrected chi connectivity index (χ0v) is 38.3. The van der Waals surface area contributed by atoms with Crippen molar-refractivity contribution in [1.82, 2.24) is 0 Å². The molecular weight excluding hydrogens is 771 g/mol. The summed E-state index contributed by atoms with van der Waals surface area (Å²) in [6.07, 6.45) is 20.5. The van der Waals surface area contributed by atoms with Crippen molar-refractivity contribution in [3.63, 3.8) is 0 Å². The van der Waals surface area contributed by atoms with Crippen LogP contribution in [0.2, 0.25) is 0 Å². The van der Waals surface area contributed by atoms with Crippen LogP contribution in [0.3, 0.4) is 0 Å². The molecule has 0 unspecified atom stereocenters. The van der Waals surface area contributed by atoms with Crippen LogP contribution in [0.1, 0.15) is 156 Å². The smallest absolute Gasteiger partial charge is 0.0465 e. The molecule has 3 fully saturated rings. The molecule has 0 bridgehead atoms. The van der Waals surface area contributed by atoms with Crippen molar-refractivity contribution < 1.29 is 0 Å². The molecule has 1 heteroatoms. The fourth-order valence-electron chi connectivity index (χ4n) is 12.3. The van der Waals surface area contributed by atoms with E-state index in [-0.39, 0.29) is 5.41 Å². The Balaban J connectivity index is 0.902. The Morgan fingerprint density at radius 1 is 0.328 bits per heavy atom. The first-order chi connectivity index (χ1) is 31.5. The predicted molar refractivity (Wildman–Crippen MR) is 272 cm³/mol. The largest absolute Gasteiger partial charge is 0.310 e. The van der Waals surface area contributed by atoms with Gasteiger partial charge < -0.3 is 4.90 Å². The Morgan fingerprint density at radius 2 is 0.719 bits per heavy atom. The van der Waals surface area contributed by atoms with Gasteiger partial charge in [-0.3, -0.25) is 0 Å². The molecule has 0 N–H and O–H groups in total. The fourth-order valence-corrected chi connectivity index (χ4v) is 12.3. The van der Waals surface area contributed by atoms with Crippen LogP contribution in [0, 0.1) is 0 Å². The van der Waals surface area contributed by atoms with Crippen molar-refractivity contribution in [3.8, 4) is 44.5 Å². The molecule has 11 rings (SSSR count). The second-order valence-electron chi connectivity index (χ2n) is 20.4. The molecule has 0 amide bonds. The lowest BCUT2D eigenvalue weighted by molar-refractivity contribution is 0.435. The van der Waals surface area contributed by atoms with Crippen LogP contribution in [-0.4, -0.2) is 0 Å². The third-order valence-electron chi connectivity index (χ3n) is 16.1. The van der Waals surface area contributed by atoms with Gasteiger partial charge in [0.25, 0.3) is 0 Å². The SMILES string of the molecule is CC1(C)c2ccccc2-c2ccc(N(c3ccc(-c4ccc(-c5cc(C6CCCCC6)cc(C6CCCCC6)c5)cc4)cc3)c3ccc(-c4ccc(C5CCCCC5)cc4)cc3)cc21. The normalized spacial score (nSPS) is 17.8. The Morgan fingerprint density at radius 3 is 1.22 bits per heavy atom. The van der Waals surface area contributed by atoms with E-state index in [1.165, 1.54) is 163 Å². The first-order valence-electron chi connectivity index (χ1n) is 25.1. The summed E-state index contributed by atoms with van der Waals surface area (Å²) in [5.74, 6) is 2.16. The predicted octanol–water partition coefficient (Wildman–Crippen LogP) is 18.6. The number of rotatable bonds is 9. The van der Waals surface area contributed by atoms with Crippen molar-refractivity contribution in [3.05, 3.63) is 186 Å². The third kappa shape index (κ3) is 8.06. The first-order valence-corrected chi connectivity index (χ1v) is 25.1. The lowest BCUT2D eigenvalue weighted by Crippen LogP contribution is -2.16. The van der Waals surface area contributed by atoms with Gasteiger partial charge in [-0.1, -0.05) is 193 Å². The van der Waals surface area contributed by atoms with Gasteiger partial charge in [-0.15, -0.1) is 0 Å². The maximum atomic E-state index is 2.61. The van der Waals surface area contributed by atoms with Crippen LogP contribution in [0.15, 0.2) is 158 Å². The lowest BCUT2D eigenvalue weighted by atomic mass is 9.78. The van der Waals surface area contributed by atoms with Gasteiger partial charge in [-0.25, -0.2) is 0 Å². The van der Waals surface area contributed by atoms with Gasteiger partial charge in [0.1, 0.15) is 0 Å². The summed E-state index contributed by atoms with van der Waals surface area (Å²) in [7, 11) is 0. The molecule has 0 atom stereocenters. The van der Waals surface area contributed by atoms with Crippen LogP contribution < -0.4 is 4.90 Å². The third-order valence-corrected chi connectivity index (χ3v) is 16.1. The van der Waals surface area contributed by atoms with Crippen LogP contribution in [-0.2, 0) is 5.41 Å². The molecule has 0 aliphatic heterocycles. The van der Waals surface area contributed by atoms with E-state index in [2.05, 4.69) is 176 Å². The number of benzene rings is 7. The Labute approximate surface area is 383 Å². The van der Waals surface area contributed by atoms with Gasteiger partial charge in [0.2, 0.25) is 0 Å². The maximum absolute atomic E-state index is 2.61. The quantitative estimate of drug-likeness (QED) is 0.140. The second kappa shape index (κ2) is 17.7. The molecular formula is C63H65N. The first kappa shape index (κ1) is 41.1. The zero-order chi connectivity index (χ0) is 43.0. The summed E-state index contributed by atoms with van der Waals surface area (Å²) >= 11 is 0.